The number of nitrogens with zero attached hydrogens (tertiary/aromatic N) is 4. The molecule has 19 heavy (non-hydrogen) atoms. The first-order chi connectivity index (χ1) is 9.29. The van der Waals surface area contributed by atoms with Crippen molar-refractivity contribution in [3.8, 4) is 5.82 Å². The summed E-state index contributed by atoms with van der Waals surface area (Å²) in [7, 11) is 0. The maximum Gasteiger partial charge on any atom is 0.341 e. The molecule has 6 nitrogen and oxygen atoms in total. The predicted octanol–water partition coefficient (Wildman–Crippen LogP) is 2.05. The second kappa shape index (κ2) is 4.77. The Labute approximate surface area is 112 Å². The van der Waals surface area contributed by atoms with Gasteiger partial charge in [0.1, 0.15) is 11.2 Å². The van der Waals surface area contributed by atoms with Crippen LogP contribution in [0.25, 0.3) is 16.0 Å². The van der Waals surface area contributed by atoms with Gasteiger partial charge in [-0.05, 0) is 18.4 Å². The molecule has 3 heterocycles. The number of fused-ring (bicyclic) bond motifs is 1. The summed E-state index contributed by atoms with van der Waals surface area (Å²) in [5.74, 6) is 0.270. The smallest absolute Gasteiger partial charge is 0.341 e. The summed E-state index contributed by atoms with van der Waals surface area (Å²) in [5, 5.41) is 7.00. The first-order valence-corrected chi connectivity index (χ1v) is 6.58. The molecule has 0 aromatic carbocycles. The van der Waals surface area contributed by atoms with Gasteiger partial charge in [0.15, 0.2) is 5.82 Å². The summed E-state index contributed by atoms with van der Waals surface area (Å²) in [5.41, 5.74) is 0.406. The second-order valence-corrected chi connectivity index (χ2v) is 4.63. The molecule has 0 aliphatic heterocycles. The third kappa shape index (κ3) is 2.08. The second-order valence-electron chi connectivity index (χ2n) is 3.73. The van der Waals surface area contributed by atoms with E-state index in [0.29, 0.717) is 18.0 Å². The Balaban J connectivity index is 2.03. The monoisotopic (exact) mass is 274 g/mol. The van der Waals surface area contributed by atoms with Crippen molar-refractivity contribution in [2.45, 2.75) is 6.92 Å². The van der Waals surface area contributed by atoms with E-state index in [2.05, 4.69) is 15.1 Å². The molecule has 0 aliphatic rings. The highest BCUT2D eigenvalue weighted by Crippen LogP contribution is 2.22. The molecule has 0 spiro atoms. The number of thiophene rings is 1. The van der Waals surface area contributed by atoms with Crippen LogP contribution in [0.1, 0.15) is 17.3 Å². The Morgan fingerprint density at radius 2 is 2.37 bits per heavy atom. The minimum absolute atomic E-state index is 0.340. The van der Waals surface area contributed by atoms with Gasteiger partial charge in [-0.3, -0.25) is 0 Å². The van der Waals surface area contributed by atoms with E-state index in [1.165, 1.54) is 23.9 Å². The zero-order valence-electron chi connectivity index (χ0n) is 10.1. The molecular weight excluding hydrogens is 264 g/mol. The van der Waals surface area contributed by atoms with Crippen LogP contribution in [0.15, 0.2) is 30.2 Å². The van der Waals surface area contributed by atoms with Crippen LogP contribution in [0.5, 0.6) is 0 Å². The molecule has 0 fully saturated rings. The number of esters is 1. The Morgan fingerprint density at radius 3 is 3.21 bits per heavy atom. The predicted molar refractivity (Wildman–Crippen MR) is 70.5 cm³/mol. The van der Waals surface area contributed by atoms with Crippen LogP contribution in [0, 0.1) is 0 Å². The van der Waals surface area contributed by atoms with Gasteiger partial charge in [-0.25, -0.2) is 19.4 Å². The van der Waals surface area contributed by atoms with Crippen LogP contribution >= 0.6 is 11.3 Å². The highest BCUT2D eigenvalue weighted by Gasteiger charge is 2.12. The number of carbonyl (C=O) groups excluding carboxylic acids is 1. The fraction of sp³-hybridized carbons (Fsp3) is 0.167. The average molecular weight is 274 g/mol. The quantitative estimate of drug-likeness (QED) is 0.684. The topological polar surface area (TPSA) is 69.9 Å². The standard InChI is InChI=1S/C12H10N4O2S/c1-2-18-12(17)8-5-15-16(6-8)10-9-3-4-19-11(9)14-7-13-10/h3-7H,2H2,1H3. The van der Waals surface area contributed by atoms with Gasteiger partial charge in [0.25, 0.3) is 0 Å². The summed E-state index contributed by atoms with van der Waals surface area (Å²) >= 11 is 1.53. The van der Waals surface area contributed by atoms with Crippen LogP contribution in [0.2, 0.25) is 0 Å². The van der Waals surface area contributed by atoms with Crippen molar-refractivity contribution in [1.82, 2.24) is 19.7 Å². The Hall–Kier alpha value is -2.28. The lowest BCUT2D eigenvalue weighted by molar-refractivity contribution is 0.0526. The molecule has 0 saturated carbocycles. The molecular formula is C12H10N4O2S. The minimum atomic E-state index is -0.385. The minimum Gasteiger partial charge on any atom is -0.462 e. The number of hydrogen-bond donors (Lipinski definition) is 0. The van der Waals surface area contributed by atoms with Gasteiger partial charge in [-0.2, -0.15) is 5.10 Å². The van der Waals surface area contributed by atoms with Crippen molar-refractivity contribution in [2.24, 2.45) is 0 Å². The SMILES string of the molecule is CCOC(=O)c1cnn(-c2ncnc3sccc23)c1. The molecule has 3 rings (SSSR count). The molecule has 0 unspecified atom stereocenters. The summed E-state index contributed by atoms with van der Waals surface area (Å²) in [4.78, 5) is 20.9. The van der Waals surface area contributed by atoms with Crippen molar-refractivity contribution in [2.75, 3.05) is 6.61 Å². The highest BCUT2D eigenvalue weighted by atomic mass is 32.1. The maximum atomic E-state index is 11.6. The first kappa shape index (κ1) is 11.8. The van der Waals surface area contributed by atoms with E-state index in [0.717, 1.165) is 10.2 Å². The van der Waals surface area contributed by atoms with Gasteiger partial charge in [0.05, 0.1) is 23.8 Å². The third-order valence-corrected chi connectivity index (χ3v) is 3.37. The van der Waals surface area contributed by atoms with E-state index in [4.69, 9.17) is 4.74 Å². The molecule has 0 atom stereocenters. The summed E-state index contributed by atoms with van der Waals surface area (Å²) in [6, 6.07) is 1.93. The normalized spacial score (nSPS) is 10.8. The molecule has 0 N–H and O–H groups in total. The van der Waals surface area contributed by atoms with Crippen LogP contribution in [-0.4, -0.2) is 32.3 Å². The van der Waals surface area contributed by atoms with E-state index in [9.17, 15) is 4.79 Å². The number of rotatable bonds is 3. The molecule has 0 aliphatic carbocycles. The fourth-order valence-corrected chi connectivity index (χ4v) is 2.45. The van der Waals surface area contributed by atoms with Crippen LogP contribution in [0.3, 0.4) is 0 Å². The number of hydrogen-bond acceptors (Lipinski definition) is 6. The van der Waals surface area contributed by atoms with Crippen LogP contribution < -0.4 is 0 Å². The Kier molecular flexibility index (Phi) is 2.96. The van der Waals surface area contributed by atoms with Gasteiger partial charge in [0, 0.05) is 6.20 Å². The van der Waals surface area contributed by atoms with Gasteiger partial charge >= 0.3 is 5.97 Å². The van der Waals surface area contributed by atoms with E-state index < -0.39 is 0 Å². The molecule has 0 saturated heterocycles. The summed E-state index contributed by atoms with van der Waals surface area (Å²) < 4.78 is 6.49. The van der Waals surface area contributed by atoms with Crippen molar-refractivity contribution in [1.29, 1.82) is 0 Å². The van der Waals surface area contributed by atoms with Crippen LogP contribution in [0.4, 0.5) is 0 Å². The number of carbonyl (C=O) groups is 1. The van der Waals surface area contributed by atoms with Gasteiger partial charge < -0.3 is 4.74 Å². The zero-order chi connectivity index (χ0) is 13.2. The highest BCUT2D eigenvalue weighted by molar-refractivity contribution is 7.16. The van der Waals surface area contributed by atoms with E-state index in [1.807, 2.05) is 11.4 Å². The van der Waals surface area contributed by atoms with E-state index in [1.54, 1.807) is 17.8 Å². The fourth-order valence-electron chi connectivity index (χ4n) is 1.72. The van der Waals surface area contributed by atoms with Crippen molar-refractivity contribution < 1.29 is 9.53 Å². The Morgan fingerprint density at radius 1 is 1.47 bits per heavy atom. The lowest BCUT2D eigenvalue weighted by Gasteiger charge is -2.00. The van der Waals surface area contributed by atoms with Crippen molar-refractivity contribution in [3.63, 3.8) is 0 Å². The molecule has 96 valence electrons. The number of ether oxygens (including phenoxy) is 1. The summed E-state index contributed by atoms with van der Waals surface area (Å²) in [6.07, 6.45) is 4.57. The van der Waals surface area contributed by atoms with Gasteiger partial charge in [-0.15, -0.1) is 11.3 Å². The molecule has 0 amide bonds. The largest absolute Gasteiger partial charge is 0.462 e. The molecule has 3 aromatic heterocycles. The first-order valence-electron chi connectivity index (χ1n) is 5.70. The molecule has 3 aromatic rings. The third-order valence-electron chi connectivity index (χ3n) is 2.55. The van der Waals surface area contributed by atoms with Crippen LogP contribution in [-0.2, 0) is 4.74 Å². The van der Waals surface area contributed by atoms with E-state index in [-0.39, 0.29) is 5.97 Å². The lowest BCUT2D eigenvalue weighted by Crippen LogP contribution is -2.03. The van der Waals surface area contributed by atoms with Gasteiger partial charge in [-0.1, -0.05) is 0 Å². The average Bonchev–Trinajstić information content (AvgIpc) is 3.07. The zero-order valence-corrected chi connectivity index (χ0v) is 10.9. The molecule has 7 heteroatoms. The van der Waals surface area contributed by atoms with Crippen molar-refractivity contribution >= 4 is 27.5 Å². The summed E-state index contributed by atoms with van der Waals surface area (Å²) in [6.45, 7) is 2.11. The lowest BCUT2D eigenvalue weighted by atomic mass is 10.3. The van der Waals surface area contributed by atoms with Crippen molar-refractivity contribution in [3.05, 3.63) is 35.7 Å². The van der Waals surface area contributed by atoms with E-state index >= 15 is 0 Å². The molecule has 0 bridgehead atoms. The Bertz CT molecular complexity index is 734. The maximum absolute atomic E-state index is 11.6. The number of aromatic nitrogens is 4. The van der Waals surface area contributed by atoms with Gasteiger partial charge in [0.2, 0.25) is 0 Å². The molecule has 0 radical (unpaired) electrons.